The van der Waals surface area contributed by atoms with E-state index in [9.17, 15) is 4.79 Å². The van der Waals surface area contributed by atoms with Gasteiger partial charge in [0.05, 0.1) is 24.8 Å². The van der Waals surface area contributed by atoms with Gasteiger partial charge in [0, 0.05) is 30.7 Å². The molecule has 114 valence electrons. The van der Waals surface area contributed by atoms with Gasteiger partial charge in [-0.25, -0.2) is 0 Å². The largest absolute Gasteiger partial charge is 0.354 e. The van der Waals surface area contributed by atoms with Crippen molar-refractivity contribution in [1.29, 1.82) is 0 Å². The van der Waals surface area contributed by atoms with Crippen LogP contribution in [0.4, 0.5) is 0 Å². The van der Waals surface area contributed by atoms with E-state index >= 15 is 0 Å². The van der Waals surface area contributed by atoms with Gasteiger partial charge < -0.3 is 5.32 Å². The summed E-state index contributed by atoms with van der Waals surface area (Å²) in [4.78, 5) is 11.9. The fourth-order valence-corrected chi connectivity index (χ4v) is 2.40. The van der Waals surface area contributed by atoms with Crippen LogP contribution in [0.5, 0.6) is 0 Å². The highest BCUT2D eigenvalue weighted by molar-refractivity contribution is 5.80. The number of fused-ring (bicyclic) bond motifs is 1. The first-order valence-corrected chi connectivity index (χ1v) is 7.39. The molecule has 0 saturated heterocycles. The van der Waals surface area contributed by atoms with Crippen molar-refractivity contribution in [2.75, 3.05) is 6.54 Å². The second-order valence-electron chi connectivity index (χ2n) is 5.30. The summed E-state index contributed by atoms with van der Waals surface area (Å²) < 4.78 is 3.68. The van der Waals surface area contributed by atoms with Crippen molar-refractivity contribution in [3.63, 3.8) is 0 Å². The number of hydrogen-bond acceptors (Lipinski definition) is 3. The summed E-state index contributed by atoms with van der Waals surface area (Å²) >= 11 is 0. The zero-order valence-corrected chi connectivity index (χ0v) is 12.6. The molecule has 1 amide bonds. The van der Waals surface area contributed by atoms with E-state index in [-0.39, 0.29) is 5.91 Å². The molecule has 0 bridgehead atoms. The Hall–Kier alpha value is -2.63. The molecular formula is C16H19N5O. The molecule has 0 atom stereocenters. The van der Waals surface area contributed by atoms with E-state index in [1.54, 1.807) is 10.9 Å². The van der Waals surface area contributed by atoms with Crippen molar-refractivity contribution in [3.8, 4) is 0 Å². The third-order valence-corrected chi connectivity index (χ3v) is 3.57. The molecule has 2 heterocycles. The Kier molecular flexibility index (Phi) is 4.18. The maximum Gasteiger partial charge on any atom is 0.221 e. The summed E-state index contributed by atoms with van der Waals surface area (Å²) in [5, 5.41) is 12.4. The van der Waals surface area contributed by atoms with Crippen LogP contribution in [0.25, 0.3) is 10.9 Å². The summed E-state index contributed by atoms with van der Waals surface area (Å²) in [6, 6.07) is 8.08. The Balaban J connectivity index is 1.50. The molecule has 0 saturated carbocycles. The molecule has 3 aromatic rings. The number of rotatable bonds is 6. The number of carbonyl (C=O) groups excluding carboxylic acids is 1. The second kappa shape index (κ2) is 6.43. The lowest BCUT2D eigenvalue weighted by Crippen LogP contribution is -2.28. The minimum absolute atomic E-state index is 0.0310. The van der Waals surface area contributed by atoms with Crippen LogP contribution in [0.15, 0.2) is 42.9 Å². The van der Waals surface area contributed by atoms with Crippen molar-refractivity contribution in [2.24, 2.45) is 0 Å². The molecule has 0 aliphatic rings. The predicted molar refractivity (Wildman–Crippen MR) is 84.3 cm³/mol. The Morgan fingerprint density at radius 2 is 2.18 bits per heavy atom. The summed E-state index contributed by atoms with van der Waals surface area (Å²) in [6.45, 7) is 3.90. The normalized spacial score (nSPS) is 11.0. The van der Waals surface area contributed by atoms with Crippen molar-refractivity contribution >= 4 is 16.8 Å². The van der Waals surface area contributed by atoms with Gasteiger partial charge in [-0.15, -0.1) is 0 Å². The minimum atomic E-state index is 0.0310. The first kappa shape index (κ1) is 14.3. The van der Waals surface area contributed by atoms with Gasteiger partial charge in [-0.05, 0) is 24.6 Å². The zero-order valence-electron chi connectivity index (χ0n) is 12.6. The van der Waals surface area contributed by atoms with Gasteiger partial charge in [0.15, 0.2) is 0 Å². The van der Waals surface area contributed by atoms with Gasteiger partial charge in [0.2, 0.25) is 5.91 Å². The third kappa shape index (κ3) is 3.33. The molecule has 0 spiro atoms. The van der Waals surface area contributed by atoms with E-state index in [2.05, 4.69) is 40.6 Å². The molecule has 0 radical (unpaired) electrons. The SMILES string of the molecule is Cc1ccc2cnn(CCC(=O)NCCn3cccn3)c2c1. The highest BCUT2D eigenvalue weighted by Gasteiger charge is 2.06. The fourth-order valence-electron chi connectivity index (χ4n) is 2.40. The summed E-state index contributed by atoms with van der Waals surface area (Å²) in [5.74, 6) is 0.0310. The number of nitrogens with one attached hydrogen (secondary N) is 1. The van der Waals surface area contributed by atoms with E-state index in [1.165, 1.54) is 5.56 Å². The Bertz CT molecular complexity index is 760. The molecule has 1 N–H and O–H groups in total. The average molecular weight is 297 g/mol. The second-order valence-corrected chi connectivity index (χ2v) is 5.30. The van der Waals surface area contributed by atoms with E-state index in [0.29, 0.717) is 26.1 Å². The van der Waals surface area contributed by atoms with Crippen LogP contribution in [-0.2, 0) is 17.9 Å². The Labute approximate surface area is 128 Å². The lowest BCUT2D eigenvalue weighted by Gasteiger charge is -2.07. The van der Waals surface area contributed by atoms with E-state index in [0.717, 1.165) is 10.9 Å². The molecule has 22 heavy (non-hydrogen) atoms. The molecule has 1 aromatic carbocycles. The first-order valence-electron chi connectivity index (χ1n) is 7.39. The molecule has 2 aromatic heterocycles. The lowest BCUT2D eigenvalue weighted by atomic mass is 10.2. The molecule has 0 unspecified atom stereocenters. The number of carbonyl (C=O) groups is 1. The van der Waals surface area contributed by atoms with Crippen LogP contribution in [0.3, 0.4) is 0 Å². The maximum atomic E-state index is 11.9. The van der Waals surface area contributed by atoms with Crippen molar-refractivity contribution in [3.05, 3.63) is 48.4 Å². The van der Waals surface area contributed by atoms with Gasteiger partial charge in [0.25, 0.3) is 0 Å². The quantitative estimate of drug-likeness (QED) is 0.754. The topological polar surface area (TPSA) is 64.7 Å². The standard InChI is InChI=1S/C16H19N5O/c1-13-3-4-14-12-19-21(15(14)11-13)9-5-16(22)17-7-10-20-8-2-6-18-20/h2-4,6,8,11-12H,5,7,9-10H2,1H3,(H,17,22). The highest BCUT2D eigenvalue weighted by Crippen LogP contribution is 2.15. The van der Waals surface area contributed by atoms with Crippen LogP contribution in [0.2, 0.25) is 0 Å². The Morgan fingerprint density at radius 1 is 1.27 bits per heavy atom. The van der Waals surface area contributed by atoms with Crippen molar-refractivity contribution in [1.82, 2.24) is 24.9 Å². The summed E-state index contributed by atoms with van der Waals surface area (Å²) in [5.41, 5.74) is 2.27. The van der Waals surface area contributed by atoms with E-state index in [4.69, 9.17) is 0 Å². The van der Waals surface area contributed by atoms with Gasteiger partial charge in [-0.1, -0.05) is 12.1 Å². The smallest absolute Gasteiger partial charge is 0.221 e. The zero-order chi connectivity index (χ0) is 15.4. The molecule has 3 rings (SSSR count). The van der Waals surface area contributed by atoms with Crippen LogP contribution < -0.4 is 5.32 Å². The van der Waals surface area contributed by atoms with E-state index < -0.39 is 0 Å². The summed E-state index contributed by atoms with van der Waals surface area (Å²) in [6.07, 6.45) is 5.87. The number of benzene rings is 1. The number of hydrogen-bond donors (Lipinski definition) is 1. The lowest BCUT2D eigenvalue weighted by molar-refractivity contribution is -0.121. The molecular weight excluding hydrogens is 278 g/mol. The summed E-state index contributed by atoms with van der Waals surface area (Å²) in [7, 11) is 0. The number of amides is 1. The van der Waals surface area contributed by atoms with Crippen LogP contribution in [0.1, 0.15) is 12.0 Å². The fraction of sp³-hybridized carbons (Fsp3) is 0.312. The minimum Gasteiger partial charge on any atom is -0.354 e. The number of aryl methyl sites for hydroxylation is 2. The van der Waals surface area contributed by atoms with Crippen LogP contribution in [-0.4, -0.2) is 32.0 Å². The molecule has 0 aliphatic heterocycles. The van der Waals surface area contributed by atoms with Crippen molar-refractivity contribution < 1.29 is 4.79 Å². The average Bonchev–Trinajstić information content (AvgIpc) is 3.14. The third-order valence-electron chi connectivity index (χ3n) is 3.57. The molecule has 0 fully saturated rings. The number of nitrogens with zero attached hydrogens (tertiary/aromatic N) is 4. The van der Waals surface area contributed by atoms with Crippen LogP contribution >= 0.6 is 0 Å². The van der Waals surface area contributed by atoms with Crippen LogP contribution in [0, 0.1) is 6.92 Å². The monoisotopic (exact) mass is 297 g/mol. The molecule has 0 aliphatic carbocycles. The first-order chi connectivity index (χ1) is 10.7. The highest BCUT2D eigenvalue weighted by atomic mass is 16.1. The maximum absolute atomic E-state index is 11.9. The van der Waals surface area contributed by atoms with Gasteiger partial charge in [-0.2, -0.15) is 10.2 Å². The van der Waals surface area contributed by atoms with Gasteiger partial charge >= 0.3 is 0 Å². The Morgan fingerprint density at radius 3 is 3.00 bits per heavy atom. The van der Waals surface area contributed by atoms with E-state index in [1.807, 2.05) is 23.1 Å². The van der Waals surface area contributed by atoms with Gasteiger partial charge in [-0.3, -0.25) is 14.2 Å². The molecule has 6 nitrogen and oxygen atoms in total. The predicted octanol–water partition coefficient (Wildman–Crippen LogP) is 1.75. The van der Waals surface area contributed by atoms with Crippen molar-refractivity contribution in [2.45, 2.75) is 26.4 Å². The van der Waals surface area contributed by atoms with Gasteiger partial charge in [0.1, 0.15) is 0 Å². The molecule has 6 heteroatoms. The number of aromatic nitrogens is 4.